The van der Waals surface area contributed by atoms with Crippen molar-refractivity contribution >= 4 is 29.9 Å². The fraction of sp³-hybridized carbons (Fsp3) is 0.412. The van der Waals surface area contributed by atoms with Crippen molar-refractivity contribution in [2.24, 2.45) is 11.8 Å². The zero-order valence-corrected chi connectivity index (χ0v) is 25.1. The minimum absolute atomic E-state index is 0. The summed E-state index contributed by atoms with van der Waals surface area (Å²) in [6.07, 6.45) is 3.20. The summed E-state index contributed by atoms with van der Waals surface area (Å²) in [5, 5.41) is 3.25. The summed E-state index contributed by atoms with van der Waals surface area (Å²) in [4.78, 5) is 30.8. The lowest BCUT2D eigenvalue weighted by Gasteiger charge is -2.38. The van der Waals surface area contributed by atoms with Crippen LogP contribution in [-0.4, -0.2) is 42.4 Å². The van der Waals surface area contributed by atoms with Crippen LogP contribution in [0.3, 0.4) is 0 Å². The summed E-state index contributed by atoms with van der Waals surface area (Å²) >= 11 is 0. The van der Waals surface area contributed by atoms with Gasteiger partial charge >= 0.3 is 0 Å². The number of benzene rings is 3. The van der Waals surface area contributed by atoms with Gasteiger partial charge in [0.2, 0.25) is 5.91 Å². The van der Waals surface area contributed by atoms with Crippen LogP contribution in [0.15, 0.2) is 66.7 Å². The van der Waals surface area contributed by atoms with Crippen molar-refractivity contribution in [3.63, 3.8) is 0 Å². The lowest BCUT2D eigenvalue weighted by molar-refractivity contribution is -0.124. The molecule has 41 heavy (non-hydrogen) atoms. The van der Waals surface area contributed by atoms with Gasteiger partial charge in [0, 0.05) is 49.4 Å². The molecule has 0 bridgehead atoms. The maximum atomic E-state index is 14.3. The van der Waals surface area contributed by atoms with E-state index in [1.807, 2.05) is 56.0 Å². The van der Waals surface area contributed by atoms with Gasteiger partial charge in [-0.15, -0.1) is 12.4 Å². The number of carbonyl (C=O) groups excluding carboxylic acids is 2. The molecule has 3 aromatic carbocycles. The Morgan fingerprint density at radius 3 is 2.27 bits per heavy atom. The summed E-state index contributed by atoms with van der Waals surface area (Å²) in [5.74, 6) is -0.132. The lowest BCUT2D eigenvalue weighted by Crippen LogP contribution is -2.46. The second-order valence-corrected chi connectivity index (χ2v) is 11.7. The van der Waals surface area contributed by atoms with E-state index in [9.17, 15) is 14.0 Å². The number of halogens is 2. The van der Waals surface area contributed by atoms with E-state index >= 15 is 0 Å². The molecule has 2 atom stereocenters. The van der Waals surface area contributed by atoms with Crippen molar-refractivity contribution in [2.75, 3.05) is 24.5 Å². The largest absolute Gasteiger partial charge is 0.349 e. The fourth-order valence-electron chi connectivity index (χ4n) is 6.47. The Balaban J connectivity index is 0.00000387. The van der Waals surface area contributed by atoms with Gasteiger partial charge in [-0.2, -0.15) is 0 Å². The quantitative estimate of drug-likeness (QED) is 0.349. The molecule has 0 unspecified atom stereocenters. The number of anilines is 1. The van der Waals surface area contributed by atoms with E-state index in [4.69, 9.17) is 0 Å². The summed E-state index contributed by atoms with van der Waals surface area (Å²) < 4.78 is 14.3. The van der Waals surface area contributed by atoms with Crippen LogP contribution < -0.4 is 10.2 Å². The SMILES string of the molecule is Cc1cc(C(=O)NC2CCN(Cc3ccccc3)CC2)cc(C)c1N1C[C@@H](Cc2ccccc2F)C[C@@H](C)C1=O.Cl. The van der Waals surface area contributed by atoms with Gasteiger partial charge in [-0.3, -0.25) is 14.5 Å². The highest BCUT2D eigenvalue weighted by Gasteiger charge is 2.34. The second kappa shape index (κ2) is 13.6. The van der Waals surface area contributed by atoms with Crippen LogP contribution >= 0.6 is 12.4 Å². The number of aryl methyl sites for hydroxylation is 2. The first-order valence-corrected chi connectivity index (χ1v) is 14.5. The predicted molar refractivity (Wildman–Crippen MR) is 165 cm³/mol. The van der Waals surface area contributed by atoms with Crippen molar-refractivity contribution in [3.05, 3.63) is 100 Å². The molecule has 0 aliphatic carbocycles. The maximum absolute atomic E-state index is 14.3. The monoisotopic (exact) mass is 577 g/mol. The third-order valence-corrected chi connectivity index (χ3v) is 8.48. The van der Waals surface area contributed by atoms with Crippen molar-refractivity contribution in [1.29, 1.82) is 0 Å². The maximum Gasteiger partial charge on any atom is 0.251 e. The fourth-order valence-corrected chi connectivity index (χ4v) is 6.47. The number of carbonyl (C=O) groups is 2. The molecule has 0 saturated carbocycles. The van der Waals surface area contributed by atoms with Crippen molar-refractivity contribution < 1.29 is 14.0 Å². The van der Waals surface area contributed by atoms with Crippen LogP contribution in [0.25, 0.3) is 0 Å². The smallest absolute Gasteiger partial charge is 0.251 e. The van der Waals surface area contributed by atoms with E-state index in [1.165, 1.54) is 11.6 Å². The molecule has 7 heteroatoms. The number of piperidine rings is 2. The van der Waals surface area contributed by atoms with E-state index in [-0.39, 0.29) is 47.9 Å². The number of hydrogen-bond donors (Lipinski definition) is 1. The average Bonchev–Trinajstić information content (AvgIpc) is 2.94. The van der Waals surface area contributed by atoms with Crippen molar-refractivity contribution in [2.45, 2.75) is 59.0 Å². The van der Waals surface area contributed by atoms with E-state index in [0.29, 0.717) is 24.1 Å². The number of rotatable bonds is 7. The standard InChI is InChI=1S/C34H40FN3O2.ClH/c1-23-18-29(33(39)36-30-13-15-37(16-14-30)21-26-9-5-4-6-10-26)19-24(2)32(23)38-22-27(17-25(3)34(38)40)20-28-11-7-8-12-31(28)35;/h4-12,18-19,25,27,30H,13-17,20-22H2,1-3H3,(H,36,39);1H/t25-,27-;/m1./s1. The molecule has 5 nitrogen and oxygen atoms in total. The highest BCUT2D eigenvalue weighted by Crippen LogP contribution is 2.34. The van der Waals surface area contributed by atoms with Crippen molar-refractivity contribution in [3.8, 4) is 0 Å². The molecule has 2 fully saturated rings. The first-order chi connectivity index (χ1) is 19.3. The minimum atomic E-state index is -0.191. The molecule has 2 amide bonds. The number of nitrogens with one attached hydrogen (secondary N) is 1. The molecule has 0 spiro atoms. The van der Waals surface area contributed by atoms with Gasteiger partial charge < -0.3 is 10.2 Å². The van der Waals surface area contributed by atoms with E-state index < -0.39 is 0 Å². The third kappa shape index (κ3) is 7.35. The Hall–Kier alpha value is -3.22. The third-order valence-electron chi connectivity index (χ3n) is 8.48. The molecule has 218 valence electrons. The number of likely N-dealkylation sites (tertiary alicyclic amines) is 1. The first kappa shape index (κ1) is 30.7. The van der Waals surface area contributed by atoms with E-state index in [1.54, 1.807) is 6.07 Å². The molecule has 0 radical (unpaired) electrons. The van der Waals surface area contributed by atoms with Crippen LogP contribution in [0.4, 0.5) is 10.1 Å². The van der Waals surface area contributed by atoms with Gasteiger partial charge in [-0.25, -0.2) is 4.39 Å². The van der Waals surface area contributed by atoms with Gasteiger partial charge in [0.25, 0.3) is 5.91 Å². The van der Waals surface area contributed by atoms with Gasteiger partial charge in [0.15, 0.2) is 0 Å². The molecule has 1 N–H and O–H groups in total. The number of nitrogens with zero attached hydrogens (tertiary/aromatic N) is 2. The van der Waals surface area contributed by atoms with Gasteiger partial charge in [-0.1, -0.05) is 55.5 Å². The highest BCUT2D eigenvalue weighted by atomic mass is 35.5. The van der Waals surface area contributed by atoms with Crippen LogP contribution in [0.5, 0.6) is 0 Å². The normalized spacial score (nSPS) is 20.0. The van der Waals surface area contributed by atoms with Gasteiger partial charge in [-0.05, 0) is 85.9 Å². The molecule has 2 aliphatic heterocycles. The number of amides is 2. The molecule has 3 aromatic rings. The molecule has 2 saturated heterocycles. The van der Waals surface area contributed by atoms with Gasteiger partial charge in [0.1, 0.15) is 5.82 Å². The Morgan fingerprint density at radius 1 is 0.976 bits per heavy atom. The second-order valence-electron chi connectivity index (χ2n) is 11.7. The summed E-state index contributed by atoms with van der Waals surface area (Å²) in [6, 6.07) is 21.4. The topological polar surface area (TPSA) is 52.7 Å². The van der Waals surface area contributed by atoms with Crippen molar-refractivity contribution in [1.82, 2.24) is 10.2 Å². The number of hydrogen-bond acceptors (Lipinski definition) is 3. The van der Waals surface area contributed by atoms with Gasteiger partial charge in [0.05, 0.1) is 0 Å². The molecule has 2 aliphatic rings. The Morgan fingerprint density at radius 2 is 1.61 bits per heavy atom. The predicted octanol–water partition coefficient (Wildman–Crippen LogP) is 6.49. The average molecular weight is 578 g/mol. The zero-order chi connectivity index (χ0) is 28.2. The Bertz CT molecular complexity index is 1330. The molecular weight excluding hydrogens is 537 g/mol. The molecule has 2 heterocycles. The highest BCUT2D eigenvalue weighted by molar-refractivity contribution is 5.99. The Kier molecular flexibility index (Phi) is 10.2. The van der Waals surface area contributed by atoms with E-state index in [0.717, 1.165) is 55.7 Å². The summed E-state index contributed by atoms with van der Waals surface area (Å²) in [6.45, 7) is 9.31. The van der Waals surface area contributed by atoms with Crippen LogP contribution in [0, 0.1) is 31.5 Å². The summed E-state index contributed by atoms with van der Waals surface area (Å²) in [5.41, 5.74) is 5.34. The van der Waals surface area contributed by atoms with Crippen LogP contribution in [-0.2, 0) is 17.8 Å². The molecule has 5 rings (SSSR count). The lowest BCUT2D eigenvalue weighted by atomic mass is 9.84. The minimum Gasteiger partial charge on any atom is -0.349 e. The Labute approximate surface area is 249 Å². The summed E-state index contributed by atoms with van der Waals surface area (Å²) in [7, 11) is 0. The zero-order valence-electron chi connectivity index (χ0n) is 24.2. The molecule has 0 aromatic heterocycles. The molecular formula is C34H41ClFN3O2. The van der Waals surface area contributed by atoms with Crippen LogP contribution in [0.1, 0.15) is 58.8 Å². The van der Waals surface area contributed by atoms with E-state index in [2.05, 4.69) is 34.5 Å². The van der Waals surface area contributed by atoms with Crippen LogP contribution in [0.2, 0.25) is 0 Å². The first-order valence-electron chi connectivity index (χ1n) is 14.5.